The van der Waals surface area contributed by atoms with Crippen LogP contribution in [0.1, 0.15) is 18.4 Å². The van der Waals surface area contributed by atoms with Gasteiger partial charge in [0.15, 0.2) is 0 Å². The first-order chi connectivity index (χ1) is 6.22. The summed E-state index contributed by atoms with van der Waals surface area (Å²) in [6, 6.07) is 5.69. The van der Waals surface area contributed by atoms with E-state index < -0.39 is 0 Å². The SMILES string of the molecule is CC1Oc2ccc(Cl)cc2C1CN. The number of nitrogens with two attached hydrogens (primary N) is 1. The summed E-state index contributed by atoms with van der Waals surface area (Å²) in [5, 5.41) is 0.745. The lowest BCUT2D eigenvalue weighted by Crippen LogP contribution is -2.21. The van der Waals surface area contributed by atoms with E-state index in [1.54, 1.807) is 0 Å². The van der Waals surface area contributed by atoms with Crippen LogP contribution >= 0.6 is 11.6 Å². The summed E-state index contributed by atoms with van der Waals surface area (Å²) < 4.78 is 5.63. The second kappa shape index (κ2) is 3.20. The molecule has 0 bridgehead atoms. The normalized spacial score (nSPS) is 25.5. The molecular weight excluding hydrogens is 186 g/mol. The lowest BCUT2D eigenvalue weighted by atomic mass is 9.97. The fourth-order valence-corrected chi connectivity index (χ4v) is 1.95. The Morgan fingerprint density at radius 3 is 3.00 bits per heavy atom. The molecule has 0 spiro atoms. The van der Waals surface area contributed by atoms with Crippen LogP contribution in [0.3, 0.4) is 0 Å². The minimum absolute atomic E-state index is 0.165. The second-order valence-electron chi connectivity index (χ2n) is 3.35. The predicted octanol–water partition coefficient (Wildman–Crippen LogP) is 2.16. The molecule has 0 fully saturated rings. The molecule has 2 unspecified atom stereocenters. The largest absolute Gasteiger partial charge is 0.490 e. The first-order valence-corrected chi connectivity index (χ1v) is 4.76. The van der Waals surface area contributed by atoms with Crippen LogP contribution in [0.5, 0.6) is 5.75 Å². The molecule has 0 amide bonds. The molecule has 2 atom stereocenters. The highest BCUT2D eigenvalue weighted by molar-refractivity contribution is 6.30. The average Bonchev–Trinajstić information content (AvgIpc) is 2.40. The van der Waals surface area contributed by atoms with Crippen molar-refractivity contribution in [2.45, 2.75) is 18.9 Å². The van der Waals surface area contributed by atoms with Crippen molar-refractivity contribution in [1.29, 1.82) is 0 Å². The Balaban J connectivity index is 2.44. The van der Waals surface area contributed by atoms with Crippen LogP contribution in [0.25, 0.3) is 0 Å². The van der Waals surface area contributed by atoms with Gasteiger partial charge in [0, 0.05) is 23.0 Å². The Morgan fingerprint density at radius 1 is 1.54 bits per heavy atom. The number of ether oxygens (including phenoxy) is 1. The van der Waals surface area contributed by atoms with Gasteiger partial charge in [-0.3, -0.25) is 0 Å². The highest BCUT2D eigenvalue weighted by atomic mass is 35.5. The Hall–Kier alpha value is -0.730. The maximum absolute atomic E-state index is 5.90. The van der Waals surface area contributed by atoms with E-state index in [1.165, 1.54) is 0 Å². The highest BCUT2D eigenvalue weighted by Crippen LogP contribution is 2.38. The Morgan fingerprint density at radius 2 is 2.31 bits per heavy atom. The fraction of sp³-hybridized carbons (Fsp3) is 0.400. The third kappa shape index (κ3) is 1.40. The first kappa shape index (κ1) is 8.85. The van der Waals surface area contributed by atoms with E-state index in [2.05, 4.69) is 0 Å². The third-order valence-electron chi connectivity index (χ3n) is 2.50. The van der Waals surface area contributed by atoms with E-state index >= 15 is 0 Å². The second-order valence-corrected chi connectivity index (χ2v) is 3.78. The molecule has 2 nitrogen and oxygen atoms in total. The topological polar surface area (TPSA) is 35.2 Å². The van der Waals surface area contributed by atoms with E-state index in [0.717, 1.165) is 16.3 Å². The third-order valence-corrected chi connectivity index (χ3v) is 2.74. The molecule has 0 saturated heterocycles. The maximum Gasteiger partial charge on any atom is 0.123 e. The number of rotatable bonds is 1. The standard InChI is InChI=1S/C10H12ClNO/c1-6-9(5-12)8-4-7(11)2-3-10(8)13-6/h2-4,6,9H,5,12H2,1H3. The van der Waals surface area contributed by atoms with Crippen LogP contribution in [0, 0.1) is 0 Å². The molecule has 2 N–H and O–H groups in total. The molecule has 0 aromatic heterocycles. The predicted molar refractivity (Wildman–Crippen MR) is 53.3 cm³/mol. The van der Waals surface area contributed by atoms with Gasteiger partial charge in [0.05, 0.1) is 0 Å². The highest BCUT2D eigenvalue weighted by Gasteiger charge is 2.29. The smallest absolute Gasteiger partial charge is 0.123 e. The lowest BCUT2D eigenvalue weighted by molar-refractivity contribution is 0.228. The van der Waals surface area contributed by atoms with Crippen molar-refractivity contribution in [2.75, 3.05) is 6.54 Å². The zero-order chi connectivity index (χ0) is 9.42. The number of benzene rings is 1. The Labute approximate surface area is 82.6 Å². The zero-order valence-corrected chi connectivity index (χ0v) is 8.21. The van der Waals surface area contributed by atoms with Crippen LogP contribution in [0.2, 0.25) is 5.02 Å². The molecule has 2 rings (SSSR count). The molecule has 0 radical (unpaired) electrons. The summed E-state index contributed by atoms with van der Waals surface area (Å²) in [5.41, 5.74) is 6.81. The van der Waals surface area contributed by atoms with E-state index in [0.29, 0.717) is 6.54 Å². The first-order valence-electron chi connectivity index (χ1n) is 4.38. The molecule has 70 valence electrons. The van der Waals surface area contributed by atoms with Gasteiger partial charge in [-0.15, -0.1) is 0 Å². The van der Waals surface area contributed by atoms with E-state index in [4.69, 9.17) is 22.1 Å². The van der Waals surface area contributed by atoms with Gasteiger partial charge in [-0.1, -0.05) is 11.6 Å². The quantitative estimate of drug-likeness (QED) is 0.749. The van der Waals surface area contributed by atoms with Crippen molar-refractivity contribution in [3.8, 4) is 5.75 Å². The summed E-state index contributed by atoms with van der Waals surface area (Å²) in [6.07, 6.45) is 0.165. The summed E-state index contributed by atoms with van der Waals surface area (Å²) in [6.45, 7) is 2.64. The summed E-state index contributed by atoms with van der Waals surface area (Å²) in [7, 11) is 0. The van der Waals surface area contributed by atoms with Crippen LogP contribution < -0.4 is 10.5 Å². The molecular formula is C10H12ClNO. The molecule has 0 aliphatic carbocycles. The average molecular weight is 198 g/mol. The van der Waals surface area contributed by atoms with Gasteiger partial charge in [0.1, 0.15) is 11.9 Å². The van der Waals surface area contributed by atoms with Crippen molar-refractivity contribution < 1.29 is 4.74 Å². The summed E-state index contributed by atoms with van der Waals surface area (Å²) in [4.78, 5) is 0. The van der Waals surface area contributed by atoms with Crippen LogP contribution in [0.4, 0.5) is 0 Å². The van der Waals surface area contributed by atoms with Crippen molar-refractivity contribution in [1.82, 2.24) is 0 Å². The van der Waals surface area contributed by atoms with E-state index in [-0.39, 0.29) is 12.0 Å². The van der Waals surface area contributed by atoms with Crippen molar-refractivity contribution in [2.24, 2.45) is 5.73 Å². The van der Waals surface area contributed by atoms with Crippen molar-refractivity contribution in [3.63, 3.8) is 0 Å². The minimum atomic E-state index is 0.165. The minimum Gasteiger partial charge on any atom is -0.490 e. The summed E-state index contributed by atoms with van der Waals surface area (Å²) >= 11 is 5.90. The monoisotopic (exact) mass is 197 g/mol. The van der Waals surface area contributed by atoms with Crippen LogP contribution in [0.15, 0.2) is 18.2 Å². The van der Waals surface area contributed by atoms with E-state index in [1.807, 2.05) is 25.1 Å². The van der Waals surface area contributed by atoms with Gasteiger partial charge in [0.25, 0.3) is 0 Å². The molecule has 1 aromatic rings. The Kier molecular flexibility index (Phi) is 2.18. The van der Waals surface area contributed by atoms with E-state index in [9.17, 15) is 0 Å². The van der Waals surface area contributed by atoms with Crippen LogP contribution in [-0.2, 0) is 0 Å². The number of hydrogen-bond donors (Lipinski definition) is 1. The fourth-order valence-electron chi connectivity index (χ4n) is 1.77. The molecule has 1 aromatic carbocycles. The molecule has 13 heavy (non-hydrogen) atoms. The van der Waals surface area contributed by atoms with Crippen LogP contribution in [-0.4, -0.2) is 12.6 Å². The van der Waals surface area contributed by atoms with Crippen molar-refractivity contribution >= 4 is 11.6 Å². The molecule has 0 saturated carbocycles. The molecule has 1 aliphatic heterocycles. The van der Waals surface area contributed by atoms with Gasteiger partial charge in [-0.05, 0) is 25.1 Å². The zero-order valence-electron chi connectivity index (χ0n) is 7.46. The van der Waals surface area contributed by atoms with Gasteiger partial charge < -0.3 is 10.5 Å². The summed E-state index contributed by atoms with van der Waals surface area (Å²) in [5.74, 6) is 1.21. The van der Waals surface area contributed by atoms with Crippen molar-refractivity contribution in [3.05, 3.63) is 28.8 Å². The lowest BCUT2D eigenvalue weighted by Gasteiger charge is -2.11. The molecule has 3 heteroatoms. The number of halogens is 1. The van der Waals surface area contributed by atoms with Gasteiger partial charge in [0.2, 0.25) is 0 Å². The number of fused-ring (bicyclic) bond motifs is 1. The van der Waals surface area contributed by atoms with Gasteiger partial charge in [-0.25, -0.2) is 0 Å². The maximum atomic E-state index is 5.90. The molecule has 1 heterocycles. The van der Waals surface area contributed by atoms with Gasteiger partial charge in [-0.2, -0.15) is 0 Å². The van der Waals surface area contributed by atoms with Gasteiger partial charge >= 0.3 is 0 Å². The molecule has 1 aliphatic rings. The number of hydrogen-bond acceptors (Lipinski definition) is 2. The Bertz CT molecular complexity index is 327.